The molecule has 0 saturated heterocycles. The Kier molecular flexibility index (Phi) is 7.71. The third-order valence-corrected chi connectivity index (χ3v) is 7.84. The second-order valence-corrected chi connectivity index (χ2v) is 11.3. The van der Waals surface area contributed by atoms with Gasteiger partial charge in [0.25, 0.3) is 0 Å². The summed E-state index contributed by atoms with van der Waals surface area (Å²) in [5.74, 6) is -3.14. The molecule has 1 fully saturated rings. The third kappa shape index (κ3) is 6.15. The lowest BCUT2D eigenvalue weighted by molar-refractivity contribution is 0.00205. The summed E-state index contributed by atoms with van der Waals surface area (Å²) in [6, 6.07) is 11.5. The number of aromatic nitrogens is 2. The second kappa shape index (κ2) is 10.4. The summed E-state index contributed by atoms with van der Waals surface area (Å²) >= 11 is 7.63. The molecule has 35 heavy (non-hydrogen) atoms. The number of rotatable bonds is 9. The van der Waals surface area contributed by atoms with Gasteiger partial charge in [-0.25, -0.2) is 19.5 Å². The Balaban J connectivity index is 1.52. The summed E-state index contributed by atoms with van der Waals surface area (Å²) in [7, 11) is -4.22. The predicted molar refractivity (Wildman–Crippen MR) is 130 cm³/mol. The number of aliphatic hydroxyl groups is 2. The first-order valence-electron chi connectivity index (χ1n) is 10.7. The van der Waals surface area contributed by atoms with Crippen molar-refractivity contribution in [1.82, 2.24) is 9.97 Å². The fourth-order valence-electron chi connectivity index (χ4n) is 4.06. The predicted octanol–water partition coefficient (Wildman–Crippen LogP) is 2.93. The molecule has 5 N–H and O–H groups in total. The maximum Gasteiger partial charge on any atom is 0.333 e. The van der Waals surface area contributed by atoms with Crippen molar-refractivity contribution in [3.8, 4) is 0 Å². The zero-order valence-electron chi connectivity index (χ0n) is 18.3. The summed E-state index contributed by atoms with van der Waals surface area (Å²) in [5, 5.41) is 29.0. The van der Waals surface area contributed by atoms with E-state index < -0.39 is 40.8 Å². The summed E-state index contributed by atoms with van der Waals surface area (Å²) in [6.07, 6.45) is 0.336. The molecular formula is C22H24ClFN4O5S2. The van der Waals surface area contributed by atoms with Gasteiger partial charge in [-0.05, 0) is 30.0 Å². The number of hydrogen-bond acceptors (Lipinski definition) is 9. The average molecular weight is 543 g/mol. The van der Waals surface area contributed by atoms with Crippen molar-refractivity contribution in [1.29, 1.82) is 0 Å². The van der Waals surface area contributed by atoms with Crippen LogP contribution in [0, 0.1) is 5.92 Å². The van der Waals surface area contributed by atoms with Gasteiger partial charge < -0.3 is 15.5 Å². The van der Waals surface area contributed by atoms with Crippen molar-refractivity contribution in [2.45, 2.75) is 37.3 Å². The van der Waals surface area contributed by atoms with Gasteiger partial charge in [-0.1, -0.05) is 41.9 Å². The van der Waals surface area contributed by atoms with Gasteiger partial charge in [-0.15, -0.1) is 11.3 Å². The van der Waals surface area contributed by atoms with Gasteiger partial charge in [0, 0.05) is 29.0 Å². The first-order chi connectivity index (χ1) is 16.6. The molecule has 0 bridgehead atoms. The van der Waals surface area contributed by atoms with Crippen molar-refractivity contribution in [3.05, 3.63) is 74.8 Å². The van der Waals surface area contributed by atoms with E-state index in [1.54, 1.807) is 6.07 Å². The first-order valence-corrected chi connectivity index (χ1v) is 13.3. The molecular weight excluding hydrogens is 519 g/mol. The lowest BCUT2D eigenvalue weighted by Crippen LogP contribution is -2.44. The van der Waals surface area contributed by atoms with Crippen molar-refractivity contribution in [2.24, 2.45) is 11.1 Å². The number of nitrogens with two attached hydrogens (primary N) is 1. The highest BCUT2D eigenvalue weighted by Gasteiger charge is 2.49. The number of halogens is 2. The normalized spacial score (nSPS) is 23.3. The number of thiophene rings is 1. The molecule has 1 aromatic carbocycles. The molecule has 2 aromatic heterocycles. The number of benzene rings is 1. The SMILES string of the molecule is NS(=O)(=O)OC[C@H]1CC[C@@](F)(Nc2ncncc2C(O)c2cc(Cc3ccccc3)c(Cl)s2)[C@@H]1O. The molecule has 0 aliphatic heterocycles. The van der Waals surface area contributed by atoms with Crippen LogP contribution < -0.4 is 10.5 Å². The van der Waals surface area contributed by atoms with E-state index in [-0.39, 0.29) is 24.2 Å². The van der Waals surface area contributed by atoms with E-state index in [2.05, 4.69) is 19.5 Å². The molecule has 3 aromatic rings. The average Bonchev–Trinajstić information content (AvgIpc) is 3.31. The summed E-state index contributed by atoms with van der Waals surface area (Å²) < 4.78 is 42.8. The van der Waals surface area contributed by atoms with Crippen LogP contribution >= 0.6 is 22.9 Å². The summed E-state index contributed by atoms with van der Waals surface area (Å²) in [6.45, 7) is -0.454. The monoisotopic (exact) mass is 542 g/mol. The Morgan fingerprint density at radius 1 is 1.37 bits per heavy atom. The van der Waals surface area contributed by atoms with Crippen LogP contribution in [0.5, 0.6) is 0 Å². The maximum atomic E-state index is 15.7. The number of nitrogens with zero attached hydrogens (tertiary/aromatic N) is 2. The van der Waals surface area contributed by atoms with Crippen LogP contribution in [-0.2, 0) is 20.9 Å². The molecule has 1 aliphatic carbocycles. The highest BCUT2D eigenvalue weighted by atomic mass is 35.5. The van der Waals surface area contributed by atoms with Crippen LogP contribution in [0.3, 0.4) is 0 Å². The fraction of sp³-hybridized carbons (Fsp3) is 0.364. The number of alkyl halides is 1. The number of aliphatic hydroxyl groups excluding tert-OH is 2. The van der Waals surface area contributed by atoms with E-state index >= 15 is 4.39 Å². The highest BCUT2D eigenvalue weighted by Crippen LogP contribution is 2.41. The van der Waals surface area contributed by atoms with Gasteiger partial charge in [-0.2, -0.15) is 8.42 Å². The molecule has 0 amide bonds. The molecule has 2 heterocycles. The molecule has 4 rings (SSSR count). The van der Waals surface area contributed by atoms with Gasteiger partial charge >= 0.3 is 10.3 Å². The molecule has 188 valence electrons. The minimum absolute atomic E-state index is 0.00352. The minimum Gasteiger partial charge on any atom is -0.387 e. The van der Waals surface area contributed by atoms with Gasteiger partial charge in [0.15, 0.2) is 0 Å². The number of hydrogen-bond donors (Lipinski definition) is 4. The van der Waals surface area contributed by atoms with E-state index in [0.29, 0.717) is 15.6 Å². The van der Waals surface area contributed by atoms with E-state index in [9.17, 15) is 18.6 Å². The van der Waals surface area contributed by atoms with Crippen LogP contribution in [0.1, 0.15) is 40.5 Å². The Morgan fingerprint density at radius 2 is 2.11 bits per heavy atom. The van der Waals surface area contributed by atoms with E-state index in [4.69, 9.17) is 16.7 Å². The van der Waals surface area contributed by atoms with E-state index in [1.165, 1.54) is 23.9 Å². The van der Waals surface area contributed by atoms with Crippen molar-refractivity contribution in [3.63, 3.8) is 0 Å². The van der Waals surface area contributed by atoms with E-state index in [1.807, 2.05) is 30.3 Å². The Hall–Kier alpha value is -2.19. The smallest absolute Gasteiger partial charge is 0.333 e. The lowest BCUT2D eigenvalue weighted by Gasteiger charge is -2.28. The third-order valence-electron chi connectivity index (χ3n) is 5.89. The highest BCUT2D eigenvalue weighted by molar-refractivity contribution is 7.84. The zero-order valence-corrected chi connectivity index (χ0v) is 20.7. The quantitative estimate of drug-likeness (QED) is 0.302. The standard InChI is InChI=1S/C22H24ClFN4O5S2/c23-20-15(8-13-4-2-1-3-5-13)9-17(34-20)18(29)16-10-26-12-27-21(16)28-22(24)7-6-14(19(22)30)11-33-35(25,31)32/h1-5,9-10,12,14,18-19,29-30H,6-8,11H2,(H2,25,31,32)(H,26,27,28)/t14-,18?,19-,22-/m1/s1. The van der Waals surface area contributed by atoms with Crippen LogP contribution in [0.25, 0.3) is 0 Å². The largest absolute Gasteiger partial charge is 0.387 e. The molecule has 0 radical (unpaired) electrons. The Morgan fingerprint density at radius 3 is 2.83 bits per heavy atom. The molecule has 9 nitrogen and oxygen atoms in total. The molecule has 0 spiro atoms. The lowest BCUT2D eigenvalue weighted by atomic mass is 10.0. The Labute approximate surface area is 211 Å². The number of anilines is 1. The van der Waals surface area contributed by atoms with Gasteiger partial charge in [-0.3, -0.25) is 4.18 Å². The van der Waals surface area contributed by atoms with Crippen molar-refractivity contribution < 1.29 is 27.2 Å². The topological polar surface area (TPSA) is 148 Å². The number of nitrogens with one attached hydrogen (secondary N) is 1. The first kappa shape index (κ1) is 25.9. The van der Waals surface area contributed by atoms with Crippen molar-refractivity contribution in [2.75, 3.05) is 11.9 Å². The minimum atomic E-state index is -4.22. The van der Waals surface area contributed by atoms with Gasteiger partial charge in [0.1, 0.15) is 24.4 Å². The molecule has 4 atom stereocenters. The molecule has 1 unspecified atom stereocenters. The van der Waals surface area contributed by atoms with Gasteiger partial charge in [0.05, 0.1) is 10.9 Å². The van der Waals surface area contributed by atoms with E-state index in [0.717, 1.165) is 11.1 Å². The van der Waals surface area contributed by atoms with Crippen LogP contribution in [0.4, 0.5) is 10.2 Å². The van der Waals surface area contributed by atoms with Crippen LogP contribution in [0.15, 0.2) is 48.9 Å². The summed E-state index contributed by atoms with van der Waals surface area (Å²) in [4.78, 5) is 8.54. The maximum absolute atomic E-state index is 15.7. The molecule has 1 saturated carbocycles. The van der Waals surface area contributed by atoms with Crippen LogP contribution in [0.2, 0.25) is 4.34 Å². The fourth-order valence-corrected chi connectivity index (χ4v) is 5.72. The zero-order chi connectivity index (χ0) is 25.2. The van der Waals surface area contributed by atoms with Crippen molar-refractivity contribution >= 4 is 39.1 Å². The second-order valence-electron chi connectivity index (χ2n) is 8.35. The van der Waals surface area contributed by atoms with Crippen LogP contribution in [-0.4, -0.2) is 47.1 Å². The molecule has 13 heteroatoms. The molecule has 1 aliphatic rings. The summed E-state index contributed by atoms with van der Waals surface area (Å²) in [5.41, 5.74) is 2.11. The Bertz CT molecular complexity index is 1280. The van der Waals surface area contributed by atoms with Gasteiger partial charge in [0.2, 0.25) is 5.79 Å².